The number of aliphatic carboxylic acids is 1. The van der Waals surface area contributed by atoms with E-state index in [2.05, 4.69) is 16.0 Å². The van der Waals surface area contributed by atoms with Gasteiger partial charge in [-0.05, 0) is 77.2 Å². The Balaban J connectivity index is 3.54. The average molecular weight is 846 g/mol. The minimum absolute atomic E-state index is 0.0783. The summed E-state index contributed by atoms with van der Waals surface area (Å²) in [5.41, 5.74) is -0.996. The fraction of sp³-hybridized carbons (Fsp3) is 0.860. The predicted octanol–water partition coefficient (Wildman–Crippen LogP) is 6.55. The number of hydrogen-bond donors (Lipinski definition) is 4. The minimum Gasteiger partial charge on any atom is -0.481 e. The zero-order chi connectivity index (χ0) is 43.5. The highest BCUT2D eigenvalue weighted by Crippen LogP contribution is 2.19. The number of unbranched alkanes of at least 4 members (excludes halogenated alkanes) is 8. The molecule has 0 rings (SSSR count). The molecule has 0 aromatic carbocycles. The Morgan fingerprint density at radius 2 is 0.983 bits per heavy atom. The number of carbonyl (C=O) groups is 6. The van der Waals surface area contributed by atoms with Crippen LogP contribution >= 0.6 is 11.8 Å². The van der Waals surface area contributed by atoms with Crippen molar-refractivity contribution in [2.45, 2.75) is 169 Å². The molecular weight excluding hydrogens is 767 g/mol. The molecule has 0 aliphatic rings. The number of ketones is 1. The molecule has 15 heteroatoms. The van der Waals surface area contributed by atoms with Crippen LogP contribution in [0.25, 0.3) is 0 Å². The Labute approximate surface area is 353 Å². The second-order valence-electron chi connectivity index (χ2n) is 16.7. The van der Waals surface area contributed by atoms with E-state index in [9.17, 15) is 28.8 Å². The molecule has 0 aromatic rings. The highest BCUT2D eigenvalue weighted by molar-refractivity contribution is 7.99. The first kappa shape index (κ1) is 55.2. The van der Waals surface area contributed by atoms with E-state index in [1.807, 2.05) is 32.5 Å². The molecule has 0 bridgehead atoms. The fourth-order valence-corrected chi connectivity index (χ4v) is 6.44. The van der Waals surface area contributed by atoms with Crippen molar-refractivity contribution < 1.29 is 52.8 Å². The van der Waals surface area contributed by atoms with Crippen LogP contribution in [0.1, 0.15) is 157 Å². The van der Waals surface area contributed by atoms with Gasteiger partial charge in [0, 0.05) is 63.8 Å². The van der Waals surface area contributed by atoms with Gasteiger partial charge < -0.3 is 40.0 Å². The van der Waals surface area contributed by atoms with E-state index >= 15 is 0 Å². The van der Waals surface area contributed by atoms with Crippen molar-refractivity contribution >= 4 is 47.2 Å². The van der Waals surface area contributed by atoms with Crippen LogP contribution in [0.2, 0.25) is 0 Å². The number of esters is 1. The largest absolute Gasteiger partial charge is 0.481 e. The van der Waals surface area contributed by atoms with Gasteiger partial charge in [-0.2, -0.15) is 11.8 Å². The number of ether oxygens (including phenoxy) is 4. The first-order valence-electron chi connectivity index (χ1n) is 21.6. The number of carboxylic acids is 1. The molecule has 338 valence electrons. The number of carbonyl (C=O) groups excluding carboxylic acids is 5. The highest BCUT2D eigenvalue weighted by atomic mass is 32.2. The summed E-state index contributed by atoms with van der Waals surface area (Å²) in [5, 5.41) is 17.1. The molecule has 14 nitrogen and oxygen atoms in total. The summed E-state index contributed by atoms with van der Waals surface area (Å²) in [6.07, 6.45) is 13.6. The van der Waals surface area contributed by atoms with Crippen molar-refractivity contribution in [3.8, 4) is 0 Å². The van der Waals surface area contributed by atoms with Gasteiger partial charge in [-0.1, -0.05) is 59.3 Å². The number of nitrogens with one attached hydrogen (secondary N) is 3. The van der Waals surface area contributed by atoms with Gasteiger partial charge in [0.15, 0.2) is 0 Å². The standard InChI is InChI=1S/C43H79N3O11S/c1-42(2,3)36(47)19-13-9-7-11-15-33-58-34-16-12-8-10-14-20-37(48)44-25-17-27-54-29-31-56-32-30-55-28-18-26-45-38(49)22-23-39(50)46-35(21-24-40(51)52)41(53)57-43(4,5)6/h35H,7-34H2,1-6H3,(H,44,48)(H,45,49)(H,46,50)(H,51,52). The fourth-order valence-electron chi connectivity index (χ4n) is 5.42. The second kappa shape index (κ2) is 35.0. The van der Waals surface area contributed by atoms with Crippen LogP contribution in [0.3, 0.4) is 0 Å². The number of Topliss-reactive ketones (excluding diaryl/α,β-unsaturated/α-hetero) is 1. The first-order chi connectivity index (χ1) is 27.5. The van der Waals surface area contributed by atoms with E-state index in [1.54, 1.807) is 20.8 Å². The Hall–Kier alpha value is -2.75. The van der Waals surface area contributed by atoms with Gasteiger partial charge in [-0.25, -0.2) is 4.79 Å². The van der Waals surface area contributed by atoms with Crippen molar-refractivity contribution in [3.63, 3.8) is 0 Å². The molecule has 1 atom stereocenters. The van der Waals surface area contributed by atoms with Gasteiger partial charge in [0.1, 0.15) is 17.4 Å². The van der Waals surface area contributed by atoms with Gasteiger partial charge in [-0.15, -0.1) is 0 Å². The van der Waals surface area contributed by atoms with E-state index in [-0.39, 0.29) is 42.9 Å². The van der Waals surface area contributed by atoms with E-state index in [4.69, 9.17) is 24.1 Å². The quantitative estimate of drug-likeness (QED) is 0.0387. The SMILES string of the molecule is CC(C)(C)OC(=O)C(CCC(=O)O)NC(=O)CCC(=O)NCCCOCCOCCOCCCNC(=O)CCCCCCCSCCCCCCCC(=O)C(C)(C)C. The normalized spacial score (nSPS) is 12.2. The van der Waals surface area contributed by atoms with Crippen LogP contribution in [-0.4, -0.2) is 116 Å². The van der Waals surface area contributed by atoms with Gasteiger partial charge >= 0.3 is 11.9 Å². The van der Waals surface area contributed by atoms with Crippen molar-refractivity contribution in [1.82, 2.24) is 16.0 Å². The van der Waals surface area contributed by atoms with Crippen molar-refractivity contribution in [2.24, 2.45) is 5.41 Å². The van der Waals surface area contributed by atoms with Crippen molar-refractivity contribution in [2.75, 3.05) is 64.2 Å². The molecule has 0 saturated carbocycles. The van der Waals surface area contributed by atoms with E-state index in [0.717, 1.165) is 38.5 Å². The first-order valence-corrected chi connectivity index (χ1v) is 22.8. The Morgan fingerprint density at radius 1 is 0.534 bits per heavy atom. The maximum Gasteiger partial charge on any atom is 0.329 e. The molecule has 58 heavy (non-hydrogen) atoms. The van der Waals surface area contributed by atoms with Crippen LogP contribution in [0.4, 0.5) is 0 Å². The lowest BCUT2D eigenvalue weighted by Crippen LogP contribution is -2.44. The third-order valence-corrected chi connectivity index (χ3v) is 9.95. The zero-order valence-corrected chi connectivity index (χ0v) is 37.6. The maximum atomic E-state index is 12.4. The molecule has 1 unspecified atom stereocenters. The molecule has 4 N–H and O–H groups in total. The smallest absolute Gasteiger partial charge is 0.329 e. The summed E-state index contributed by atoms with van der Waals surface area (Å²) in [4.78, 5) is 71.8. The molecule has 0 aliphatic heterocycles. The van der Waals surface area contributed by atoms with Gasteiger partial charge in [0.25, 0.3) is 0 Å². The number of amides is 3. The molecule has 3 amide bonds. The maximum absolute atomic E-state index is 12.4. The van der Waals surface area contributed by atoms with E-state index in [1.165, 1.54) is 50.0 Å². The summed E-state index contributed by atoms with van der Waals surface area (Å²) < 4.78 is 21.9. The highest BCUT2D eigenvalue weighted by Gasteiger charge is 2.27. The van der Waals surface area contributed by atoms with Gasteiger partial charge in [0.05, 0.1) is 26.4 Å². The van der Waals surface area contributed by atoms with Gasteiger partial charge in [-0.3, -0.25) is 24.0 Å². The summed E-state index contributed by atoms with van der Waals surface area (Å²) >= 11 is 2.05. The third kappa shape index (κ3) is 37.5. The third-order valence-electron chi connectivity index (χ3n) is 8.79. The molecule has 0 aliphatic carbocycles. The Morgan fingerprint density at radius 3 is 1.48 bits per heavy atom. The number of carboxylic acid groups (broad SMARTS) is 1. The Kier molecular flexibility index (Phi) is 33.4. The monoisotopic (exact) mass is 846 g/mol. The lowest BCUT2D eigenvalue weighted by atomic mass is 9.88. The van der Waals surface area contributed by atoms with E-state index < -0.39 is 29.5 Å². The molecular formula is C43H79N3O11S. The average Bonchev–Trinajstić information content (AvgIpc) is 3.14. The lowest BCUT2D eigenvalue weighted by Gasteiger charge is -2.24. The van der Waals surface area contributed by atoms with Crippen molar-refractivity contribution in [3.05, 3.63) is 0 Å². The van der Waals surface area contributed by atoms with E-state index in [0.29, 0.717) is 71.4 Å². The summed E-state index contributed by atoms with van der Waals surface area (Å²) in [7, 11) is 0. The van der Waals surface area contributed by atoms with Crippen LogP contribution in [0.5, 0.6) is 0 Å². The van der Waals surface area contributed by atoms with Crippen LogP contribution in [0.15, 0.2) is 0 Å². The second-order valence-corrected chi connectivity index (χ2v) is 17.9. The summed E-state index contributed by atoms with van der Waals surface area (Å²) in [6, 6.07) is -1.11. The number of thioether (sulfide) groups is 1. The summed E-state index contributed by atoms with van der Waals surface area (Å²) in [5.74, 6) is 0.242. The van der Waals surface area contributed by atoms with Crippen molar-refractivity contribution in [1.29, 1.82) is 0 Å². The Bertz CT molecular complexity index is 1140. The minimum atomic E-state index is -1.11. The zero-order valence-electron chi connectivity index (χ0n) is 36.8. The predicted molar refractivity (Wildman–Crippen MR) is 229 cm³/mol. The van der Waals surface area contributed by atoms with Crippen LogP contribution < -0.4 is 16.0 Å². The molecule has 0 heterocycles. The van der Waals surface area contributed by atoms with Crippen LogP contribution in [0, 0.1) is 5.41 Å². The van der Waals surface area contributed by atoms with Crippen LogP contribution in [-0.2, 0) is 47.7 Å². The number of rotatable bonds is 38. The molecule has 0 radical (unpaired) electrons. The lowest BCUT2D eigenvalue weighted by molar-refractivity contribution is -0.159. The molecule has 0 saturated heterocycles. The topological polar surface area (TPSA) is 196 Å². The number of hydrogen-bond acceptors (Lipinski definition) is 11. The molecule has 0 aromatic heterocycles. The molecule has 0 spiro atoms. The summed E-state index contributed by atoms with van der Waals surface area (Å²) in [6.45, 7) is 14.7. The molecule has 0 fully saturated rings. The van der Waals surface area contributed by atoms with Gasteiger partial charge in [0.2, 0.25) is 17.7 Å².